The van der Waals surface area contributed by atoms with Crippen LogP contribution in [0.25, 0.3) is 31.2 Å². The van der Waals surface area contributed by atoms with Gasteiger partial charge in [-0.05, 0) is 74.2 Å². The molecular weight excluding hydrogens is 627 g/mol. The fraction of sp³-hybridized carbons (Fsp3) is 0.267. The minimum atomic E-state index is -1.15. The molecule has 0 saturated carbocycles. The zero-order valence-corrected chi connectivity index (χ0v) is 26.8. The average Bonchev–Trinajstić information content (AvgIpc) is 3.78. The summed E-state index contributed by atoms with van der Waals surface area (Å²) >= 11 is 10.9. The highest BCUT2D eigenvalue weighted by atomic mass is 32.2. The van der Waals surface area contributed by atoms with Crippen molar-refractivity contribution in [1.82, 2.24) is 9.47 Å². The lowest BCUT2D eigenvalue weighted by Gasteiger charge is -2.28. The van der Waals surface area contributed by atoms with Crippen molar-refractivity contribution in [3.8, 4) is 20.2 Å². The molecule has 1 aromatic carbocycles. The Bertz CT molecular complexity index is 1860. The van der Waals surface area contributed by atoms with Crippen LogP contribution in [-0.4, -0.2) is 50.4 Å². The number of aromatic nitrogens is 1. The lowest BCUT2D eigenvalue weighted by atomic mass is 10.1. The Kier molecular flexibility index (Phi) is 8.51. The van der Waals surface area contributed by atoms with E-state index in [4.69, 9.17) is 12.2 Å². The number of thiophene rings is 2. The number of carboxylic acids is 1. The van der Waals surface area contributed by atoms with Gasteiger partial charge in [0.15, 0.2) is 0 Å². The number of thiocarbonyl (C=S) groups is 1. The van der Waals surface area contributed by atoms with E-state index in [-0.39, 0.29) is 5.91 Å². The Labute approximate surface area is 264 Å². The second kappa shape index (κ2) is 12.3. The number of rotatable bonds is 7. The molecule has 216 valence electrons. The van der Waals surface area contributed by atoms with Gasteiger partial charge < -0.3 is 10.0 Å². The van der Waals surface area contributed by atoms with Gasteiger partial charge >= 0.3 is 5.97 Å². The zero-order valence-electron chi connectivity index (χ0n) is 22.7. The van der Waals surface area contributed by atoms with Gasteiger partial charge in [-0.25, -0.2) is 0 Å². The first-order valence-electron chi connectivity index (χ1n) is 13.6. The van der Waals surface area contributed by atoms with Crippen LogP contribution in [0.3, 0.4) is 0 Å². The van der Waals surface area contributed by atoms with E-state index in [1.54, 1.807) is 28.7 Å². The molecule has 1 amide bonds. The molecule has 0 aliphatic carbocycles. The Balaban J connectivity index is 1.29. The molecule has 2 aliphatic rings. The molecule has 2 aliphatic heterocycles. The molecule has 5 heterocycles. The van der Waals surface area contributed by atoms with Crippen LogP contribution in [0, 0.1) is 0 Å². The highest BCUT2D eigenvalue weighted by Gasteiger charge is 2.33. The average molecular weight is 654 g/mol. The van der Waals surface area contributed by atoms with Crippen molar-refractivity contribution < 1.29 is 14.7 Å². The van der Waals surface area contributed by atoms with Gasteiger partial charge in [-0.1, -0.05) is 36.1 Å². The molecule has 1 N–H and O–H groups in total. The first kappa shape index (κ1) is 29.1. The van der Waals surface area contributed by atoms with Gasteiger partial charge in [0.25, 0.3) is 11.5 Å². The number of benzene rings is 1. The summed E-state index contributed by atoms with van der Waals surface area (Å²) in [5.74, 6) is -1.45. The smallest absolute Gasteiger partial charge is 0.323 e. The van der Waals surface area contributed by atoms with E-state index < -0.39 is 18.1 Å². The Morgan fingerprint density at radius 2 is 1.62 bits per heavy atom. The number of hydrogen-bond acceptors (Lipinski definition) is 9. The molecule has 3 aromatic heterocycles. The lowest BCUT2D eigenvalue weighted by molar-refractivity contribution is -0.137. The number of carbonyl (C=O) groups excluding carboxylic acids is 1. The van der Waals surface area contributed by atoms with Crippen molar-refractivity contribution in [3.63, 3.8) is 0 Å². The van der Waals surface area contributed by atoms with Gasteiger partial charge in [0, 0.05) is 44.8 Å². The second-order valence-electron chi connectivity index (χ2n) is 9.91. The van der Waals surface area contributed by atoms with Crippen LogP contribution < -0.4 is 19.7 Å². The molecule has 2 saturated heterocycles. The van der Waals surface area contributed by atoms with Crippen molar-refractivity contribution >= 4 is 90.9 Å². The van der Waals surface area contributed by atoms with Crippen LogP contribution >= 0.6 is 58.0 Å². The van der Waals surface area contributed by atoms with Gasteiger partial charge in [-0.15, -0.1) is 34.0 Å². The molecule has 42 heavy (non-hydrogen) atoms. The maximum absolute atomic E-state index is 13.3. The number of hydrogen-bond donors (Lipinski definition) is 1. The summed E-state index contributed by atoms with van der Waals surface area (Å²) in [6, 6.07) is 17.1. The van der Waals surface area contributed by atoms with Gasteiger partial charge in [0.1, 0.15) is 20.4 Å². The minimum absolute atomic E-state index is 0.298. The van der Waals surface area contributed by atoms with Crippen molar-refractivity contribution in [2.75, 3.05) is 24.5 Å². The molecule has 0 unspecified atom stereocenters. The molecular formula is C30H27N3O4S5. The molecule has 0 spiro atoms. The fourth-order valence-electron chi connectivity index (χ4n) is 5.07. The third-order valence-corrected chi connectivity index (χ3v) is 12.2. The van der Waals surface area contributed by atoms with Crippen molar-refractivity contribution in [1.29, 1.82) is 0 Å². The maximum Gasteiger partial charge on any atom is 0.323 e. The normalized spacial score (nSPS) is 17.5. The first-order chi connectivity index (χ1) is 20.3. The number of amides is 1. The number of thioether (sulfide) groups is 1. The number of thiazole rings is 1. The molecule has 2 fully saturated rings. The number of anilines is 1. The van der Waals surface area contributed by atoms with Crippen LogP contribution in [0.4, 0.5) is 5.69 Å². The number of aliphatic carboxylic acids is 1. The molecule has 0 bridgehead atoms. The van der Waals surface area contributed by atoms with E-state index in [9.17, 15) is 19.5 Å². The van der Waals surface area contributed by atoms with E-state index in [1.165, 1.54) is 40.3 Å². The van der Waals surface area contributed by atoms with Crippen LogP contribution in [0.15, 0.2) is 53.3 Å². The summed E-state index contributed by atoms with van der Waals surface area (Å²) in [5.41, 5.74) is 2.05. The summed E-state index contributed by atoms with van der Waals surface area (Å²) < 4.78 is 2.27. The number of piperidine rings is 1. The van der Waals surface area contributed by atoms with Gasteiger partial charge in [-0.3, -0.25) is 23.9 Å². The van der Waals surface area contributed by atoms with Crippen LogP contribution in [0.5, 0.6) is 0 Å². The van der Waals surface area contributed by atoms with Gasteiger partial charge in [-0.2, -0.15) is 0 Å². The predicted molar refractivity (Wildman–Crippen MR) is 179 cm³/mol. The maximum atomic E-state index is 13.3. The van der Waals surface area contributed by atoms with Crippen LogP contribution in [-0.2, 0) is 16.1 Å². The largest absolute Gasteiger partial charge is 0.480 e. The van der Waals surface area contributed by atoms with Crippen molar-refractivity contribution in [2.45, 2.75) is 32.7 Å². The summed E-state index contributed by atoms with van der Waals surface area (Å²) in [6.45, 7) is 3.96. The van der Waals surface area contributed by atoms with E-state index >= 15 is 0 Å². The molecule has 6 rings (SSSR count). The van der Waals surface area contributed by atoms with E-state index in [0.29, 0.717) is 25.0 Å². The number of carbonyl (C=O) groups is 2. The molecule has 0 atom stereocenters. The first-order valence-corrected chi connectivity index (χ1v) is 17.3. The van der Waals surface area contributed by atoms with E-state index in [1.807, 2.05) is 19.1 Å². The van der Waals surface area contributed by atoms with Crippen LogP contribution in [0.2, 0.25) is 0 Å². The van der Waals surface area contributed by atoms with Crippen molar-refractivity contribution in [2.24, 2.45) is 0 Å². The Hall–Kier alpha value is -3.03. The lowest BCUT2D eigenvalue weighted by Crippen LogP contribution is -2.35. The third kappa shape index (κ3) is 5.78. The van der Waals surface area contributed by atoms with Crippen LogP contribution in [0.1, 0.15) is 31.1 Å². The van der Waals surface area contributed by atoms with E-state index in [0.717, 1.165) is 55.4 Å². The standard InChI is InChI=1S/C30H27N3O4S5/c1-2-32-28(37)26(42-30(32)38)29-33(17-25(34)35)27(36)24(41-29)16-20-10-11-22(39-20)23-13-12-21(40-23)18-6-8-19(9-7-18)31-14-4-3-5-15-31/h6-13,16H,2-5,14-15,17H2,1H3,(H,34,35). The highest BCUT2D eigenvalue weighted by Crippen LogP contribution is 2.38. The molecule has 7 nitrogen and oxygen atoms in total. The zero-order chi connectivity index (χ0) is 29.4. The SMILES string of the molecule is CCN1C(=O)C(=c2sc(=Cc3ccc(-c4ccc(-c5ccc(N6CCCCC6)cc5)s4)s3)c(=O)n2CC(=O)O)SC1=S. The fourth-order valence-corrected chi connectivity index (χ4v) is 9.83. The summed E-state index contributed by atoms with van der Waals surface area (Å²) in [6.07, 6.45) is 5.61. The van der Waals surface area contributed by atoms with Crippen molar-refractivity contribution in [3.05, 3.63) is 73.0 Å². The Morgan fingerprint density at radius 3 is 2.31 bits per heavy atom. The summed E-state index contributed by atoms with van der Waals surface area (Å²) in [4.78, 5) is 46.3. The monoisotopic (exact) mass is 653 g/mol. The predicted octanol–water partition coefficient (Wildman–Crippen LogP) is 5.26. The molecule has 12 heteroatoms. The third-order valence-electron chi connectivity index (χ3n) is 7.18. The number of nitrogens with zero attached hydrogens (tertiary/aromatic N) is 3. The van der Waals surface area contributed by atoms with Gasteiger partial charge in [0.2, 0.25) is 0 Å². The summed E-state index contributed by atoms with van der Waals surface area (Å²) in [7, 11) is 0. The minimum Gasteiger partial charge on any atom is -0.480 e. The molecule has 0 radical (unpaired) electrons. The summed E-state index contributed by atoms with van der Waals surface area (Å²) in [5, 5.41) is 9.46. The second-order valence-corrected chi connectivity index (χ2v) is 14.8. The molecule has 4 aromatic rings. The highest BCUT2D eigenvalue weighted by molar-refractivity contribution is 8.30. The number of carboxylic acid groups (broad SMARTS) is 1. The Morgan fingerprint density at radius 1 is 0.929 bits per heavy atom. The van der Waals surface area contributed by atoms with E-state index in [2.05, 4.69) is 41.3 Å². The quantitative estimate of drug-likeness (QED) is 0.273. The topological polar surface area (TPSA) is 82.9 Å². The van der Waals surface area contributed by atoms with Gasteiger partial charge in [0.05, 0.1) is 4.53 Å².